The second kappa shape index (κ2) is 8.40. The molecule has 1 aliphatic carbocycles. The van der Waals surface area contributed by atoms with E-state index in [-0.39, 0.29) is 0 Å². The zero-order valence-electron chi connectivity index (χ0n) is 12.3. The average Bonchev–Trinajstić information content (AvgIpc) is 2.48. The second-order valence-electron chi connectivity index (χ2n) is 5.85. The van der Waals surface area contributed by atoms with E-state index in [2.05, 4.69) is 29.6 Å². The number of hydrogen-bond donors (Lipinski definition) is 2. The minimum absolute atomic E-state index is 0.506. The molecule has 0 spiro atoms. The van der Waals surface area contributed by atoms with Crippen LogP contribution in [0.3, 0.4) is 0 Å². The summed E-state index contributed by atoms with van der Waals surface area (Å²) in [6.07, 6.45) is 6.32. The Morgan fingerprint density at radius 2 is 1.85 bits per heavy atom. The van der Waals surface area contributed by atoms with Crippen LogP contribution in [0.25, 0.3) is 0 Å². The highest BCUT2D eigenvalue weighted by Crippen LogP contribution is 2.28. The van der Waals surface area contributed by atoms with E-state index in [0.717, 1.165) is 51.8 Å². The molecule has 112 valence electrons. The molecule has 0 radical (unpaired) electrons. The van der Waals surface area contributed by atoms with Crippen LogP contribution in [0, 0.1) is 0 Å². The molecule has 1 aliphatic rings. The number of aliphatic hydroxyl groups is 1. The third-order valence-corrected chi connectivity index (χ3v) is 3.97. The lowest BCUT2D eigenvalue weighted by Gasteiger charge is -2.31. The van der Waals surface area contributed by atoms with Crippen LogP contribution >= 0.6 is 0 Å². The van der Waals surface area contributed by atoms with E-state index in [1.807, 2.05) is 6.07 Å². The Balaban J connectivity index is 1.47. The first-order valence-corrected chi connectivity index (χ1v) is 7.83. The Morgan fingerprint density at radius 1 is 1.10 bits per heavy atom. The largest absolute Gasteiger partial charge is 0.387 e. The molecule has 1 aromatic carbocycles. The molecule has 0 saturated heterocycles. The van der Waals surface area contributed by atoms with Gasteiger partial charge in [-0.15, -0.1) is 0 Å². The smallest absolute Gasteiger partial charge is 0.0880 e. The number of rotatable bonds is 8. The highest BCUT2D eigenvalue weighted by molar-refractivity contribution is 5.14. The van der Waals surface area contributed by atoms with E-state index in [1.165, 1.54) is 12.0 Å². The Hall–Kier alpha value is -0.900. The van der Waals surface area contributed by atoms with Crippen LogP contribution in [0.4, 0.5) is 0 Å². The van der Waals surface area contributed by atoms with E-state index in [9.17, 15) is 5.11 Å². The Morgan fingerprint density at radius 3 is 2.60 bits per heavy atom. The van der Waals surface area contributed by atoms with Crippen molar-refractivity contribution in [3.05, 3.63) is 35.9 Å². The average molecular weight is 277 g/mol. The molecule has 0 unspecified atom stereocenters. The lowest BCUT2D eigenvalue weighted by atomic mass is 9.86. The van der Waals surface area contributed by atoms with Crippen molar-refractivity contribution in [1.82, 2.24) is 5.32 Å². The number of hydrogen-bond acceptors (Lipinski definition) is 3. The SMILES string of the molecule is OC1(COCCCNCc2ccccc2)CCCCC1. The lowest BCUT2D eigenvalue weighted by molar-refractivity contribution is -0.0685. The Labute approximate surface area is 122 Å². The molecule has 1 saturated carbocycles. The van der Waals surface area contributed by atoms with Gasteiger partial charge in [-0.1, -0.05) is 49.6 Å². The van der Waals surface area contributed by atoms with Gasteiger partial charge in [0.15, 0.2) is 0 Å². The van der Waals surface area contributed by atoms with Crippen molar-refractivity contribution in [3.8, 4) is 0 Å². The summed E-state index contributed by atoms with van der Waals surface area (Å²) in [5, 5.41) is 13.7. The van der Waals surface area contributed by atoms with Crippen LogP contribution in [0.1, 0.15) is 44.1 Å². The molecule has 0 aromatic heterocycles. The molecule has 3 nitrogen and oxygen atoms in total. The third-order valence-electron chi connectivity index (χ3n) is 3.97. The first kappa shape index (κ1) is 15.5. The first-order chi connectivity index (χ1) is 9.79. The van der Waals surface area contributed by atoms with Gasteiger partial charge in [0.2, 0.25) is 0 Å². The van der Waals surface area contributed by atoms with Crippen LogP contribution < -0.4 is 5.32 Å². The summed E-state index contributed by atoms with van der Waals surface area (Å²) in [5.41, 5.74) is 0.764. The van der Waals surface area contributed by atoms with Crippen LogP contribution in [-0.2, 0) is 11.3 Å². The fraction of sp³-hybridized carbons (Fsp3) is 0.647. The predicted molar refractivity (Wildman–Crippen MR) is 81.6 cm³/mol. The van der Waals surface area contributed by atoms with Crippen molar-refractivity contribution < 1.29 is 9.84 Å². The van der Waals surface area contributed by atoms with Gasteiger partial charge in [0.05, 0.1) is 12.2 Å². The summed E-state index contributed by atoms with van der Waals surface area (Å²) in [7, 11) is 0. The molecule has 2 rings (SSSR count). The van der Waals surface area contributed by atoms with E-state index in [1.54, 1.807) is 0 Å². The molecular weight excluding hydrogens is 250 g/mol. The zero-order chi connectivity index (χ0) is 14.1. The molecule has 0 bridgehead atoms. The molecule has 20 heavy (non-hydrogen) atoms. The van der Waals surface area contributed by atoms with Crippen molar-refractivity contribution in [1.29, 1.82) is 0 Å². The molecule has 0 amide bonds. The minimum atomic E-state index is -0.546. The summed E-state index contributed by atoms with van der Waals surface area (Å²) in [6, 6.07) is 10.4. The molecule has 1 aromatic rings. The lowest BCUT2D eigenvalue weighted by Crippen LogP contribution is -2.36. The van der Waals surface area contributed by atoms with E-state index in [0.29, 0.717) is 6.61 Å². The van der Waals surface area contributed by atoms with Gasteiger partial charge in [-0.3, -0.25) is 0 Å². The summed E-state index contributed by atoms with van der Waals surface area (Å²) in [4.78, 5) is 0. The van der Waals surface area contributed by atoms with Gasteiger partial charge in [-0.2, -0.15) is 0 Å². The molecule has 0 heterocycles. The van der Waals surface area contributed by atoms with Gasteiger partial charge < -0.3 is 15.2 Å². The summed E-state index contributed by atoms with van der Waals surface area (Å²) in [5.74, 6) is 0. The van der Waals surface area contributed by atoms with Gasteiger partial charge >= 0.3 is 0 Å². The van der Waals surface area contributed by atoms with Crippen LogP contribution in [0.2, 0.25) is 0 Å². The third kappa shape index (κ3) is 5.61. The van der Waals surface area contributed by atoms with Crippen molar-refractivity contribution in [2.45, 2.75) is 50.7 Å². The zero-order valence-corrected chi connectivity index (χ0v) is 12.3. The van der Waals surface area contributed by atoms with Crippen molar-refractivity contribution in [2.75, 3.05) is 19.8 Å². The maximum Gasteiger partial charge on any atom is 0.0880 e. The van der Waals surface area contributed by atoms with Gasteiger partial charge in [0, 0.05) is 13.2 Å². The van der Waals surface area contributed by atoms with Crippen LogP contribution in [-0.4, -0.2) is 30.5 Å². The summed E-state index contributed by atoms with van der Waals surface area (Å²) < 4.78 is 5.64. The maximum absolute atomic E-state index is 10.3. The molecule has 2 N–H and O–H groups in total. The summed E-state index contributed by atoms with van der Waals surface area (Å²) in [6.45, 7) is 3.09. The molecule has 0 atom stereocenters. The molecular formula is C17H27NO2. The van der Waals surface area contributed by atoms with E-state index in [4.69, 9.17) is 4.74 Å². The van der Waals surface area contributed by atoms with Gasteiger partial charge in [0.1, 0.15) is 0 Å². The molecule has 0 aliphatic heterocycles. The highest BCUT2D eigenvalue weighted by Gasteiger charge is 2.28. The normalized spacial score (nSPS) is 18.1. The quantitative estimate of drug-likeness (QED) is 0.718. The number of benzene rings is 1. The summed E-state index contributed by atoms with van der Waals surface area (Å²) >= 11 is 0. The van der Waals surface area contributed by atoms with Crippen LogP contribution in [0.15, 0.2) is 30.3 Å². The standard InChI is InChI=1S/C17H27NO2/c19-17(10-5-2-6-11-17)15-20-13-7-12-18-14-16-8-3-1-4-9-16/h1,3-4,8-9,18-19H,2,5-7,10-15H2. The van der Waals surface area contributed by atoms with Gasteiger partial charge in [-0.05, 0) is 31.4 Å². The highest BCUT2D eigenvalue weighted by atomic mass is 16.5. The van der Waals surface area contributed by atoms with Crippen molar-refractivity contribution in [3.63, 3.8) is 0 Å². The van der Waals surface area contributed by atoms with Gasteiger partial charge in [0.25, 0.3) is 0 Å². The maximum atomic E-state index is 10.3. The number of ether oxygens (including phenoxy) is 1. The fourth-order valence-electron chi connectivity index (χ4n) is 2.74. The van der Waals surface area contributed by atoms with Crippen LogP contribution in [0.5, 0.6) is 0 Å². The van der Waals surface area contributed by atoms with E-state index < -0.39 is 5.60 Å². The second-order valence-corrected chi connectivity index (χ2v) is 5.85. The Bertz CT molecular complexity index is 361. The van der Waals surface area contributed by atoms with Gasteiger partial charge in [-0.25, -0.2) is 0 Å². The first-order valence-electron chi connectivity index (χ1n) is 7.83. The monoisotopic (exact) mass is 277 g/mol. The fourth-order valence-corrected chi connectivity index (χ4v) is 2.74. The number of nitrogens with one attached hydrogen (secondary N) is 1. The predicted octanol–water partition coefficient (Wildman–Crippen LogP) is 2.88. The minimum Gasteiger partial charge on any atom is -0.387 e. The molecule has 3 heteroatoms. The topological polar surface area (TPSA) is 41.5 Å². The van der Waals surface area contributed by atoms with E-state index >= 15 is 0 Å². The Kier molecular flexibility index (Phi) is 6.51. The van der Waals surface area contributed by atoms with Crippen molar-refractivity contribution in [2.24, 2.45) is 0 Å². The van der Waals surface area contributed by atoms with Crippen molar-refractivity contribution >= 4 is 0 Å². The molecule has 1 fully saturated rings.